The maximum absolute atomic E-state index is 9.71. The molecule has 0 aromatic heterocycles. The summed E-state index contributed by atoms with van der Waals surface area (Å²) in [5, 5.41) is 9.71. The minimum atomic E-state index is -0.175. The SMILES string of the molecule is CCC(O)C(C)N(C)C(C)C1CC1. The van der Waals surface area contributed by atoms with Crippen LogP contribution in [0.15, 0.2) is 0 Å². The Morgan fingerprint density at radius 3 is 2.31 bits per heavy atom. The second-order valence-corrected chi connectivity index (χ2v) is 4.46. The third kappa shape index (κ3) is 2.68. The molecule has 3 unspecified atom stereocenters. The summed E-state index contributed by atoms with van der Waals surface area (Å²) in [5.41, 5.74) is 0. The molecule has 78 valence electrons. The maximum atomic E-state index is 9.71. The summed E-state index contributed by atoms with van der Waals surface area (Å²) in [7, 11) is 2.13. The first-order valence-electron chi connectivity index (χ1n) is 5.48. The van der Waals surface area contributed by atoms with E-state index < -0.39 is 0 Å². The van der Waals surface area contributed by atoms with Gasteiger partial charge in [-0.3, -0.25) is 4.90 Å². The molecule has 2 nitrogen and oxygen atoms in total. The van der Waals surface area contributed by atoms with E-state index in [1.165, 1.54) is 12.8 Å². The van der Waals surface area contributed by atoms with Crippen molar-refractivity contribution in [2.75, 3.05) is 7.05 Å². The molecule has 0 aliphatic heterocycles. The lowest BCUT2D eigenvalue weighted by Gasteiger charge is -2.33. The Bertz CT molecular complexity index is 156. The van der Waals surface area contributed by atoms with Crippen LogP contribution in [0.1, 0.15) is 40.0 Å². The van der Waals surface area contributed by atoms with Crippen LogP contribution in [0.2, 0.25) is 0 Å². The monoisotopic (exact) mass is 185 g/mol. The van der Waals surface area contributed by atoms with Crippen LogP contribution >= 0.6 is 0 Å². The molecule has 2 heteroatoms. The lowest BCUT2D eigenvalue weighted by atomic mass is 10.1. The molecule has 0 heterocycles. The summed E-state index contributed by atoms with van der Waals surface area (Å²) in [6, 6.07) is 0.928. The van der Waals surface area contributed by atoms with Crippen LogP contribution in [0, 0.1) is 5.92 Å². The van der Waals surface area contributed by atoms with Gasteiger partial charge in [-0.2, -0.15) is 0 Å². The molecule has 1 saturated carbocycles. The smallest absolute Gasteiger partial charge is 0.0690 e. The number of aliphatic hydroxyl groups is 1. The first kappa shape index (κ1) is 11.0. The van der Waals surface area contributed by atoms with E-state index in [9.17, 15) is 5.11 Å². The maximum Gasteiger partial charge on any atom is 0.0690 e. The zero-order valence-corrected chi connectivity index (χ0v) is 9.33. The zero-order valence-electron chi connectivity index (χ0n) is 9.33. The van der Waals surface area contributed by atoms with E-state index in [-0.39, 0.29) is 6.10 Å². The normalized spacial score (nSPS) is 24.5. The molecule has 0 radical (unpaired) electrons. The highest BCUT2D eigenvalue weighted by atomic mass is 16.3. The van der Waals surface area contributed by atoms with Crippen LogP contribution in [0.5, 0.6) is 0 Å². The summed E-state index contributed by atoms with van der Waals surface area (Å²) in [4.78, 5) is 2.33. The Morgan fingerprint density at radius 1 is 1.38 bits per heavy atom. The molecule has 0 saturated heterocycles. The summed E-state index contributed by atoms with van der Waals surface area (Å²) in [6.45, 7) is 6.43. The van der Waals surface area contributed by atoms with Crippen molar-refractivity contribution < 1.29 is 5.11 Å². The van der Waals surface area contributed by atoms with Crippen molar-refractivity contribution in [3.63, 3.8) is 0 Å². The molecule has 1 aliphatic carbocycles. The second kappa shape index (κ2) is 4.43. The fourth-order valence-corrected chi connectivity index (χ4v) is 1.89. The van der Waals surface area contributed by atoms with Gasteiger partial charge in [-0.15, -0.1) is 0 Å². The van der Waals surface area contributed by atoms with Gasteiger partial charge in [0.05, 0.1) is 6.10 Å². The Balaban J connectivity index is 2.39. The Morgan fingerprint density at radius 2 is 1.92 bits per heavy atom. The molecule has 0 spiro atoms. The molecule has 0 amide bonds. The molecule has 0 aromatic carbocycles. The van der Waals surface area contributed by atoms with Gasteiger partial charge in [-0.1, -0.05) is 6.92 Å². The fraction of sp³-hybridized carbons (Fsp3) is 1.00. The Kier molecular flexibility index (Phi) is 3.74. The van der Waals surface area contributed by atoms with Crippen molar-refractivity contribution in [1.29, 1.82) is 0 Å². The third-order valence-electron chi connectivity index (χ3n) is 3.56. The molecular formula is C11H23NO. The standard InChI is InChI=1S/C11H23NO/c1-5-11(13)9(3)12(4)8(2)10-6-7-10/h8-11,13H,5-7H2,1-4H3. The lowest BCUT2D eigenvalue weighted by Crippen LogP contribution is -2.44. The van der Waals surface area contributed by atoms with Gasteiger partial charge in [0.15, 0.2) is 0 Å². The van der Waals surface area contributed by atoms with E-state index >= 15 is 0 Å². The van der Waals surface area contributed by atoms with E-state index in [4.69, 9.17) is 0 Å². The summed E-state index contributed by atoms with van der Waals surface area (Å²) in [5.74, 6) is 0.886. The zero-order chi connectivity index (χ0) is 10.0. The number of rotatable bonds is 5. The largest absolute Gasteiger partial charge is 0.392 e. The quantitative estimate of drug-likeness (QED) is 0.707. The number of likely N-dealkylation sites (N-methyl/N-ethyl adjacent to an activating group) is 1. The molecule has 13 heavy (non-hydrogen) atoms. The lowest BCUT2D eigenvalue weighted by molar-refractivity contribution is 0.0464. The van der Waals surface area contributed by atoms with Crippen molar-refractivity contribution in [2.45, 2.75) is 58.2 Å². The molecule has 3 atom stereocenters. The summed E-state index contributed by atoms with van der Waals surface area (Å²) < 4.78 is 0. The third-order valence-corrected chi connectivity index (χ3v) is 3.56. The topological polar surface area (TPSA) is 23.5 Å². The van der Waals surface area contributed by atoms with Gasteiger partial charge in [0.2, 0.25) is 0 Å². The van der Waals surface area contributed by atoms with Crippen LogP contribution in [0.3, 0.4) is 0 Å². The van der Waals surface area contributed by atoms with E-state index in [0.29, 0.717) is 12.1 Å². The summed E-state index contributed by atoms with van der Waals surface area (Å²) >= 11 is 0. The van der Waals surface area contributed by atoms with Crippen molar-refractivity contribution in [3.8, 4) is 0 Å². The van der Waals surface area contributed by atoms with Crippen LogP contribution in [-0.4, -0.2) is 35.2 Å². The summed E-state index contributed by atoms with van der Waals surface area (Å²) in [6.07, 6.45) is 3.43. The predicted octanol–water partition coefficient (Wildman–Crippen LogP) is 1.88. The van der Waals surface area contributed by atoms with E-state index in [2.05, 4.69) is 25.8 Å². The minimum Gasteiger partial charge on any atom is -0.392 e. The minimum absolute atomic E-state index is 0.175. The van der Waals surface area contributed by atoms with Crippen molar-refractivity contribution in [1.82, 2.24) is 4.90 Å². The van der Waals surface area contributed by atoms with E-state index in [1.807, 2.05) is 6.92 Å². The van der Waals surface area contributed by atoms with Crippen molar-refractivity contribution >= 4 is 0 Å². The van der Waals surface area contributed by atoms with Crippen LogP contribution in [0.4, 0.5) is 0 Å². The Labute approximate surface area is 81.9 Å². The first-order chi connectivity index (χ1) is 6.07. The number of nitrogens with zero attached hydrogens (tertiary/aromatic N) is 1. The molecule has 1 N–H and O–H groups in total. The average Bonchev–Trinajstić information content (AvgIpc) is 2.96. The van der Waals surface area contributed by atoms with Gasteiger partial charge in [0, 0.05) is 12.1 Å². The van der Waals surface area contributed by atoms with Crippen molar-refractivity contribution in [2.24, 2.45) is 5.92 Å². The van der Waals surface area contributed by atoms with Gasteiger partial charge >= 0.3 is 0 Å². The van der Waals surface area contributed by atoms with Gasteiger partial charge in [0.25, 0.3) is 0 Å². The number of hydrogen-bond donors (Lipinski definition) is 1. The molecule has 1 rings (SSSR count). The first-order valence-corrected chi connectivity index (χ1v) is 5.48. The predicted molar refractivity (Wildman–Crippen MR) is 55.7 cm³/mol. The van der Waals surface area contributed by atoms with Crippen molar-refractivity contribution in [3.05, 3.63) is 0 Å². The number of hydrogen-bond acceptors (Lipinski definition) is 2. The highest BCUT2D eigenvalue weighted by molar-refractivity contribution is 4.87. The Hall–Kier alpha value is -0.0800. The molecule has 1 fully saturated rings. The van der Waals surface area contributed by atoms with Gasteiger partial charge in [-0.25, -0.2) is 0 Å². The molecule has 0 bridgehead atoms. The van der Waals surface area contributed by atoms with Gasteiger partial charge in [-0.05, 0) is 46.1 Å². The number of aliphatic hydroxyl groups excluding tert-OH is 1. The highest BCUT2D eigenvalue weighted by Gasteiger charge is 2.33. The molecule has 1 aliphatic rings. The van der Waals surface area contributed by atoms with Crippen LogP contribution in [0.25, 0.3) is 0 Å². The average molecular weight is 185 g/mol. The second-order valence-electron chi connectivity index (χ2n) is 4.46. The highest BCUT2D eigenvalue weighted by Crippen LogP contribution is 2.35. The fourth-order valence-electron chi connectivity index (χ4n) is 1.89. The van der Waals surface area contributed by atoms with E-state index in [0.717, 1.165) is 12.3 Å². The molecule has 0 aromatic rings. The van der Waals surface area contributed by atoms with Gasteiger partial charge in [0.1, 0.15) is 0 Å². The van der Waals surface area contributed by atoms with E-state index in [1.54, 1.807) is 0 Å². The van der Waals surface area contributed by atoms with Crippen LogP contribution < -0.4 is 0 Å². The molecular weight excluding hydrogens is 162 g/mol. The van der Waals surface area contributed by atoms with Gasteiger partial charge < -0.3 is 5.11 Å². The van der Waals surface area contributed by atoms with Crippen LogP contribution in [-0.2, 0) is 0 Å².